The number of alkyl halides is 2. The molecule has 1 heterocycles. The minimum atomic E-state index is -2.78. The predicted molar refractivity (Wildman–Crippen MR) is 57.5 cm³/mol. The standard InChI is InChI=1S/C11H11F2N3O2/c1-18-10(17)3-9-8(5-15)7(11(12)13)2-6(4-14)16-9/h2,11H,3,5,15H2,1H3. The van der Waals surface area contributed by atoms with E-state index in [1.54, 1.807) is 6.07 Å². The van der Waals surface area contributed by atoms with E-state index in [0.29, 0.717) is 0 Å². The Morgan fingerprint density at radius 2 is 2.33 bits per heavy atom. The van der Waals surface area contributed by atoms with Crippen molar-refractivity contribution in [3.63, 3.8) is 0 Å². The number of aromatic nitrogens is 1. The summed E-state index contributed by atoms with van der Waals surface area (Å²) in [5.74, 6) is -0.632. The highest BCUT2D eigenvalue weighted by atomic mass is 19.3. The van der Waals surface area contributed by atoms with Crippen LogP contribution in [0.5, 0.6) is 0 Å². The van der Waals surface area contributed by atoms with Gasteiger partial charge in [0.15, 0.2) is 0 Å². The molecule has 0 aromatic carbocycles. The maximum absolute atomic E-state index is 12.8. The van der Waals surface area contributed by atoms with Crippen LogP contribution < -0.4 is 5.73 Å². The lowest BCUT2D eigenvalue weighted by atomic mass is 10.0. The van der Waals surface area contributed by atoms with Gasteiger partial charge in [-0.3, -0.25) is 4.79 Å². The minimum Gasteiger partial charge on any atom is -0.469 e. The molecular formula is C11H11F2N3O2. The average molecular weight is 255 g/mol. The highest BCUT2D eigenvalue weighted by molar-refractivity contribution is 5.72. The maximum Gasteiger partial charge on any atom is 0.311 e. The van der Waals surface area contributed by atoms with Crippen LogP contribution in [-0.4, -0.2) is 18.1 Å². The van der Waals surface area contributed by atoms with Crippen LogP contribution in [0.3, 0.4) is 0 Å². The van der Waals surface area contributed by atoms with Gasteiger partial charge < -0.3 is 10.5 Å². The fourth-order valence-corrected chi connectivity index (χ4v) is 1.49. The highest BCUT2D eigenvalue weighted by Gasteiger charge is 2.20. The lowest BCUT2D eigenvalue weighted by molar-refractivity contribution is -0.139. The van der Waals surface area contributed by atoms with Crippen molar-refractivity contribution in [2.24, 2.45) is 5.73 Å². The number of hydrogen-bond acceptors (Lipinski definition) is 5. The number of hydrogen-bond donors (Lipinski definition) is 1. The zero-order valence-electron chi connectivity index (χ0n) is 9.61. The number of halogens is 2. The first-order chi connectivity index (χ1) is 8.53. The third kappa shape index (κ3) is 2.99. The molecule has 0 atom stereocenters. The number of nitrogens with two attached hydrogens (primary N) is 1. The highest BCUT2D eigenvalue weighted by Crippen LogP contribution is 2.25. The van der Waals surface area contributed by atoms with Crippen molar-refractivity contribution in [3.05, 3.63) is 28.6 Å². The summed E-state index contributed by atoms with van der Waals surface area (Å²) in [6.07, 6.45) is -3.08. The van der Waals surface area contributed by atoms with E-state index in [1.807, 2.05) is 0 Å². The molecule has 7 heteroatoms. The van der Waals surface area contributed by atoms with Gasteiger partial charge in [0.1, 0.15) is 11.8 Å². The van der Waals surface area contributed by atoms with Crippen LogP contribution in [0.4, 0.5) is 8.78 Å². The third-order valence-corrected chi connectivity index (χ3v) is 2.34. The Labute approximate surface area is 102 Å². The largest absolute Gasteiger partial charge is 0.469 e. The molecule has 0 saturated carbocycles. The number of esters is 1. The Balaban J connectivity index is 3.34. The molecule has 5 nitrogen and oxygen atoms in total. The molecule has 18 heavy (non-hydrogen) atoms. The molecule has 2 N–H and O–H groups in total. The van der Waals surface area contributed by atoms with Gasteiger partial charge >= 0.3 is 5.97 Å². The molecule has 1 aromatic rings. The Morgan fingerprint density at radius 1 is 1.67 bits per heavy atom. The summed E-state index contributed by atoms with van der Waals surface area (Å²) in [5, 5.41) is 8.72. The van der Waals surface area contributed by atoms with Crippen molar-refractivity contribution in [3.8, 4) is 6.07 Å². The average Bonchev–Trinajstić information content (AvgIpc) is 2.37. The molecule has 0 bridgehead atoms. The third-order valence-electron chi connectivity index (χ3n) is 2.34. The Bertz CT molecular complexity index is 498. The summed E-state index contributed by atoms with van der Waals surface area (Å²) in [6.45, 7) is -0.190. The van der Waals surface area contributed by atoms with Crippen LogP contribution in [0, 0.1) is 11.3 Å². The molecule has 1 aromatic heterocycles. The second-order valence-corrected chi connectivity index (χ2v) is 3.39. The van der Waals surface area contributed by atoms with Crippen molar-refractivity contribution in [2.45, 2.75) is 19.4 Å². The molecule has 0 fully saturated rings. The van der Waals surface area contributed by atoms with E-state index in [9.17, 15) is 13.6 Å². The second kappa shape index (κ2) is 6.02. The molecule has 1 rings (SSSR count). The van der Waals surface area contributed by atoms with E-state index in [4.69, 9.17) is 11.0 Å². The van der Waals surface area contributed by atoms with Gasteiger partial charge in [-0.1, -0.05) is 0 Å². The van der Waals surface area contributed by atoms with Crippen molar-refractivity contribution < 1.29 is 18.3 Å². The van der Waals surface area contributed by atoms with Crippen molar-refractivity contribution >= 4 is 5.97 Å². The summed E-state index contributed by atoms with van der Waals surface area (Å²) in [6, 6.07) is 2.65. The summed E-state index contributed by atoms with van der Waals surface area (Å²) in [5.41, 5.74) is 4.97. The number of nitrogens with zero attached hydrogens (tertiary/aromatic N) is 2. The lowest BCUT2D eigenvalue weighted by Crippen LogP contribution is -2.14. The second-order valence-electron chi connectivity index (χ2n) is 3.39. The Hall–Kier alpha value is -2.07. The molecular weight excluding hydrogens is 244 g/mol. The zero-order valence-corrected chi connectivity index (χ0v) is 9.61. The summed E-state index contributed by atoms with van der Waals surface area (Å²) < 4.78 is 30.1. The molecule has 0 saturated heterocycles. The molecule has 0 radical (unpaired) electrons. The van der Waals surface area contributed by atoms with E-state index >= 15 is 0 Å². The van der Waals surface area contributed by atoms with Crippen LogP contribution in [0.25, 0.3) is 0 Å². The first-order valence-electron chi connectivity index (χ1n) is 5.01. The quantitative estimate of drug-likeness (QED) is 0.813. The molecule has 96 valence electrons. The molecule has 0 aliphatic heterocycles. The maximum atomic E-state index is 12.8. The van der Waals surface area contributed by atoms with Crippen molar-refractivity contribution in [1.82, 2.24) is 4.98 Å². The summed E-state index contributed by atoms with van der Waals surface area (Å²) in [4.78, 5) is 15.0. The van der Waals surface area contributed by atoms with E-state index in [-0.39, 0.29) is 35.5 Å². The van der Waals surface area contributed by atoms with E-state index in [1.165, 1.54) is 7.11 Å². The number of rotatable bonds is 4. The van der Waals surface area contributed by atoms with Gasteiger partial charge in [-0.05, 0) is 11.6 Å². The van der Waals surface area contributed by atoms with Gasteiger partial charge in [-0.15, -0.1) is 0 Å². The van der Waals surface area contributed by atoms with Crippen LogP contribution in [-0.2, 0) is 22.5 Å². The van der Waals surface area contributed by atoms with Crippen LogP contribution in [0.15, 0.2) is 6.07 Å². The number of carbonyl (C=O) groups is 1. The predicted octanol–water partition coefficient (Wildman–Crippen LogP) is 1.07. The molecule has 0 aliphatic rings. The van der Waals surface area contributed by atoms with Crippen LogP contribution in [0.1, 0.15) is 28.9 Å². The first kappa shape index (κ1) is 14.0. The summed E-state index contributed by atoms with van der Waals surface area (Å²) in [7, 11) is 1.17. The van der Waals surface area contributed by atoms with Crippen LogP contribution in [0.2, 0.25) is 0 Å². The Kier molecular flexibility index (Phi) is 4.68. The van der Waals surface area contributed by atoms with Gasteiger partial charge in [0.25, 0.3) is 6.43 Å². The number of nitriles is 1. The minimum absolute atomic E-state index is 0.0544. The number of pyridine rings is 1. The fraction of sp³-hybridized carbons (Fsp3) is 0.364. The van der Waals surface area contributed by atoms with Crippen molar-refractivity contribution in [1.29, 1.82) is 5.26 Å². The topological polar surface area (TPSA) is 89.0 Å². The normalized spacial score (nSPS) is 10.2. The van der Waals surface area contributed by atoms with Gasteiger partial charge in [0.05, 0.1) is 19.2 Å². The fourth-order valence-electron chi connectivity index (χ4n) is 1.49. The monoisotopic (exact) mass is 255 g/mol. The number of carbonyl (C=O) groups excluding carboxylic acids is 1. The molecule has 0 amide bonds. The van der Waals surface area contributed by atoms with Gasteiger partial charge in [0.2, 0.25) is 0 Å². The lowest BCUT2D eigenvalue weighted by Gasteiger charge is -2.12. The molecule has 0 aliphatic carbocycles. The SMILES string of the molecule is COC(=O)Cc1nc(C#N)cc(C(F)F)c1CN. The van der Waals surface area contributed by atoms with E-state index in [2.05, 4.69) is 9.72 Å². The molecule has 0 spiro atoms. The molecule has 0 unspecified atom stereocenters. The first-order valence-corrected chi connectivity index (χ1v) is 5.01. The van der Waals surface area contributed by atoms with E-state index < -0.39 is 12.4 Å². The van der Waals surface area contributed by atoms with Gasteiger partial charge in [0, 0.05) is 12.1 Å². The Morgan fingerprint density at radius 3 is 2.78 bits per heavy atom. The van der Waals surface area contributed by atoms with Gasteiger partial charge in [-0.25, -0.2) is 13.8 Å². The number of ether oxygens (including phenoxy) is 1. The zero-order chi connectivity index (χ0) is 13.7. The number of methoxy groups -OCH3 is 1. The van der Waals surface area contributed by atoms with Gasteiger partial charge in [-0.2, -0.15) is 5.26 Å². The van der Waals surface area contributed by atoms with Crippen molar-refractivity contribution in [2.75, 3.05) is 7.11 Å². The van der Waals surface area contributed by atoms with E-state index in [0.717, 1.165) is 6.07 Å². The smallest absolute Gasteiger partial charge is 0.311 e. The van der Waals surface area contributed by atoms with Crippen LogP contribution >= 0.6 is 0 Å². The summed E-state index contributed by atoms with van der Waals surface area (Å²) >= 11 is 0.